The van der Waals surface area contributed by atoms with Crippen molar-refractivity contribution in [3.05, 3.63) is 0 Å². The third kappa shape index (κ3) is 6.01. The van der Waals surface area contributed by atoms with Gasteiger partial charge in [-0.05, 0) is 57.0 Å². The van der Waals surface area contributed by atoms with E-state index in [0.29, 0.717) is 50.6 Å². The highest BCUT2D eigenvalue weighted by molar-refractivity contribution is 7.89. The first-order valence-corrected chi connectivity index (χ1v) is 11.0. The monoisotopic (exact) mass is 359 g/mol. The number of sulfonamides is 1. The molecule has 0 aromatic rings. The van der Waals surface area contributed by atoms with Gasteiger partial charge >= 0.3 is 0 Å². The van der Waals surface area contributed by atoms with Gasteiger partial charge in [-0.15, -0.1) is 0 Å². The number of nitrogens with zero attached hydrogens (tertiary/aromatic N) is 1. The third-order valence-corrected chi connectivity index (χ3v) is 6.94. The Balaban J connectivity index is 1.74. The molecule has 2 aliphatic heterocycles. The summed E-state index contributed by atoms with van der Waals surface area (Å²) in [7, 11) is -3.16. The Morgan fingerprint density at radius 1 is 1.29 bits per heavy atom. The van der Waals surface area contributed by atoms with E-state index in [1.807, 2.05) is 11.8 Å². The Kier molecular flexibility index (Phi) is 7.50. The Morgan fingerprint density at radius 2 is 2.00 bits per heavy atom. The molecule has 6 nitrogen and oxygen atoms in total. The molecule has 2 unspecified atom stereocenters. The first kappa shape index (κ1) is 19.7. The zero-order chi connectivity index (χ0) is 17.6. The Labute approximate surface area is 146 Å². The second-order valence-electron chi connectivity index (χ2n) is 7.38. The van der Waals surface area contributed by atoms with Gasteiger partial charge in [-0.25, -0.2) is 13.1 Å². The highest BCUT2D eigenvalue weighted by Crippen LogP contribution is 2.24. The summed E-state index contributed by atoms with van der Waals surface area (Å²) in [6.45, 7) is 7.49. The van der Waals surface area contributed by atoms with Crippen LogP contribution in [0.1, 0.15) is 52.4 Å². The van der Waals surface area contributed by atoms with Gasteiger partial charge in [-0.3, -0.25) is 4.79 Å². The van der Waals surface area contributed by atoms with Gasteiger partial charge in [0, 0.05) is 25.6 Å². The Bertz CT molecular complexity index is 495. The van der Waals surface area contributed by atoms with Crippen LogP contribution in [0.25, 0.3) is 0 Å². The number of amides is 1. The average Bonchev–Trinajstić information content (AvgIpc) is 2.55. The van der Waals surface area contributed by atoms with Crippen molar-refractivity contribution >= 4 is 15.9 Å². The van der Waals surface area contributed by atoms with Crippen molar-refractivity contribution in [2.24, 2.45) is 11.8 Å². The normalized spacial score (nSPS) is 24.8. The first-order chi connectivity index (χ1) is 11.4. The molecule has 0 saturated carbocycles. The van der Waals surface area contributed by atoms with Gasteiger partial charge < -0.3 is 10.2 Å². The highest BCUT2D eigenvalue weighted by atomic mass is 32.2. The van der Waals surface area contributed by atoms with Crippen molar-refractivity contribution in [1.29, 1.82) is 0 Å². The smallest absolute Gasteiger partial charge is 0.222 e. The topological polar surface area (TPSA) is 78.5 Å². The lowest BCUT2D eigenvalue weighted by atomic mass is 9.85. The molecule has 0 aromatic carbocycles. The van der Waals surface area contributed by atoms with Crippen LogP contribution in [-0.4, -0.2) is 57.2 Å². The van der Waals surface area contributed by atoms with Gasteiger partial charge in [-0.1, -0.05) is 13.8 Å². The molecule has 0 aliphatic carbocycles. The van der Waals surface area contributed by atoms with Gasteiger partial charge in [0.05, 0.1) is 5.75 Å². The van der Waals surface area contributed by atoms with E-state index in [1.54, 1.807) is 0 Å². The molecule has 0 aromatic heterocycles. The molecule has 2 atom stereocenters. The van der Waals surface area contributed by atoms with Crippen LogP contribution in [0, 0.1) is 11.8 Å². The van der Waals surface area contributed by atoms with E-state index in [-0.39, 0.29) is 17.7 Å². The second-order valence-corrected chi connectivity index (χ2v) is 9.25. The number of nitrogens with one attached hydrogen (secondary N) is 2. The molecule has 0 bridgehead atoms. The quantitative estimate of drug-likeness (QED) is 0.719. The van der Waals surface area contributed by atoms with Gasteiger partial charge in [0.1, 0.15) is 0 Å². The molecule has 2 fully saturated rings. The minimum Gasteiger partial charge on any atom is -0.343 e. The number of carbonyl (C=O) groups is 1. The molecule has 140 valence electrons. The molecule has 0 radical (unpaired) electrons. The standard InChI is InChI=1S/C17H33N3O3S/c1-3-11-24(22,23)19-16-6-9-20(10-7-16)17(21)12-14(2)15-5-4-8-18-13-15/h14-16,18-19H,3-13H2,1-2H3. The lowest BCUT2D eigenvalue weighted by Gasteiger charge is -2.34. The summed E-state index contributed by atoms with van der Waals surface area (Å²) < 4.78 is 26.4. The largest absolute Gasteiger partial charge is 0.343 e. The van der Waals surface area contributed by atoms with Gasteiger partial charge in [-0.2, -0.15) is 0 Å². The van der Waals surface area contributed by atoms with E-state index in [9.17, 15) is 13.2 Å². The maximum atomic E-state index is 12.5. The predicted octanol–water partition coefficient (Wildman–Crippen LogP) is 1.33. The minimum absolute atomic E-state index is 0.0226. The number of likely N-dealkylation sites (tertiary alicyclic amines) is 1. The van der Waals surface area contributed by atoms with Crippen LogP contribution in [0.4, 0.5) is 0 Å². The fourth-order valence-corrected chi connectivity index (χ4v) is 5.16. The van der Waals surface area contributed by atoms with Crippen molar-refractivity contribution in [3.8, 4) is 0 Å². The van der Waals surface area contributed by atoms with E-state index in [2.05, 4.69) is 17.0 Å². The van der Waals surface area contributed by atoms with Gasteiger partial charge in [0.25, 0.3) is 0 Å². The number of rotatable bonds is 7. The van der Waals surface area contributed by atoms with Crippen LogP contribution in [-0.2, 0) is 14.8 Å². The van der Waals surface area contributed by atoms with Crippen LogP contribution in [0.5, 0.6) is 0 Å². The minimum atomic E-state index is -3.16. The molecule has 0 spiro atoms. The molecule has 2 saturated heterocycles. The lowest BCUT2D eigenvalue weighted by Crippen LogP contribution is -2.47. The molecular formula is C17H33N3O3S. The van der Waals surface area contributed by atoms with Crippen LogP contribution in [0.3, 0.4) is 0 Å². The number of hydrogen-bond donors (Lipinski definition) is 2. The van der Waals surface area contributed by atoms with Crippen LogP contribution < -0.4 is 10.0 Å². The van der Waals surface area contributed by atoms with Crippen LogP contribution >= 0.6 is 0 Å². The summed E-state index contributed by atoms with van der Waals surface area (Å²) in [5.41, 5.74) is 0. The molecule has 1 amide bonds. The van der Waals surface area contributed by atoms with E-state index in [0.717, 1.165) is 13.1 Å². The number of hydrogen-bond acceptors (Lipinski definition) is 4. The summed E-state index contributed by atoms with van der Waals surface area (Å²) in [5, 5.41) is 3.42. The number of carbonyl (C=O) groups excluding carboxylic acids is 1. The SMILES string of the molecule is CCCS(=O)(=O)NC1CCN(C(=O)CC(C)C2CCCNC2)CC1. The maximum absolute atomic E-state index is 12.5. The van der Waals surface area contributed by atoms with E-state index in [1.165, 1.54) is 12.8 Å². The predicted molar refractivity (Wildman–Crippen MR) is 96.2 cm³/mol. The molecule has 2 N–H and O–H groups in total. The average molecular weight is 360 g/mol. The summed E-state index contributed by atoms with van der Waals surface area (Å²) in [5.74, 6) is 1.41. The van der Waals surface area contributed by atoms with Crippen molar-refractivity contribution in [2.45, 2.75) is 58.4 Å². The van der Waals surface area contributed by atoms with Gasteiger partial charge in [0.15, 0.2) is 0 Å². The van der Waals surface area contributed by atoms with Crippen molar-refractivity contribution in [2.75, 3.05) is 31.9 Å². The zero-order valence-corrected chi connectivity index (χ0v) is 15.9. The number of piperidine rings is 2. The first-order valence-electron chi connectivity index (χ1n) is 9.39. The Hall–Kier alpha value is -0.660. The summed E-state index contributed by atoms with van der Waals surface area (Å²) in [4.78, 5) is 14.4. The maximum Gasteiger partial charge on any atom is 0.222 e. The van der Waals surface area contributed by atoms with E-state index < -0.39 is 10.0 Å². The van der Waals surface area contributed by atoms with E-state index in [4.69, 9.17) is 0 Å². The molecular weight excluding hydrogens is 326 g/mol. The Morgan fingerprint density at radius 3 is 2.58 bits per heavy atom. The third-order valence-electron chi connectivity index (χ3n) is 5.30. The summed E-state index contributed by atoms with van der Waals surface area (Å²) in [6, 6.07) is -0.0226. The molecule has 2 aliphatic rings. The molecule has 2 rings (SSSR count). The molecule has 2 heterocycles. The summed E-state index contributed by atoms with van der Waals surface area (Å²) >= 11 is 0. The fourth-order valence-electron chi connectivity index (χ4n) is 3.76. The van der Waals surface area contributed by atoms with Crippen LogP contribution in [0.2, 0.25) is 0 Å². The highest BCUT2D eigenvalue weighted by Gasteiger charge is 2.28. The van der Waals surface area contributed by atoms with Gasteiger partial charge in [0.2, 0.25) is 15.9 Å². The molecule has 24 heavy (non-hydrogen) atoms. The fraction of sp³-hybridized carbons (Fsp3) is 0.941. The lowest BCUT2D eigenvalue weighted by molar-refractivity contribution is -0.133. The second kappa shape index (κ2) is 9.15. The summed E-state index contributed by atoms with van der Waals surface area (Å²) in [6.07, 6.45) is 5.08. The van der Waals surface area contributed by atoms with Crippen LogP contribution in [0.15, 0.2) is 0 Å². The zero-order valence-electron chi connectivity index (χ0n) is 15.1. The van der Waals surface area contributed by atoms with E-state index >= 15 is 0 Å². The van der Waals surface area contributed by atoms with Crippen molar-refractivity contribution in [1.82, 2.24) is 14.9 Å². The van der Waals surface area contributed by atoms with Crippen molar-refractivity contribution in [3.63, 3.8) is 0 Å². The van der Waals surface area contributed by atoms with Crippen molar-refractivity contribution < 1.29 is 13.2 Å². The molecule has 7 heteroatoms.